The maximum Gasteiger partial charge on any atom is 0.244 e. The van der Waals surface area contributed by atoms with E-state index in [2.05, 4.69) is 39.6 Å². The fraction of sp³-hybridized carbons (Fsp3) is 0.444. The van der Waals surface area contributed by atoms with E-state index in [-0.39, 0.29) is 24.4 Å². The number of aromatic nitrogens is 2. The SMILES string of the molecule is Cc1ccn(CC(=O)N2C[C@@H]3CNC[C@@H]3[C@@H]2c2ccccc2)n1.Cl. The van der Waals surface area contributed by atoms with Gasteiger partial charge in [-0.1, -0.05) is 30.3 Å². The Balaban J connectivity index is 0.00000169. The van der Waals surface area contributed by atoms with Crippen LogP contribution in [0.15, 0.2) is 42.6 Å². The third-order valence-corrected chi connectivity index (χ3v) is 5.10. The third-order valence-electron chi connectivity index (χ3n) is 5.10. The number of nitrogens with zero attached hydrogens (tertiary/aromatic N) is 3. The van der Waals surface area contributed by atoms with Crippen molar-refractivity contribution >= 4 is 18.3 Å². The van der Waals surface area contributed by atoms with Crippen molar-refractivity contribution in [3.63, 3.8) is 0 Å². The van der Waals surface area contributed by atoms with Gasteiger partial charge in [0.1, 0.15) is 6.54 Å². The molecule has 0 bridgehead atoms. The van der Waals surface area contributed by atoms with Crippen molar-refractivity contribution in [2.24, 2.45) is 11.8 Å². The molecule has 2 aliphatic heterocycles. The molecular weight excluding hydrogens is 324 g/mol. The Bertz CT molecular complexity index is 702. The van der Waals surface area contributed by atoms with E-state index in [1.807, 2.05) is 25.3 Å². The lowest BCUT2D eigenvalue weighted by Crippen LogP contribution is -2.36. The van der Waals surface area contributed by atoms with E-state index < -0.39 is 0 Å². The predicted molar refractivity (Wildman–Crippen MR) is 95.0 cm³/mol. The second-order valence-corrected chi connectivity index (χ2v) is 6.64. The van der Waals surface area contributed by atoms with Gasteiger partial charge < -0.3 is 10.2 Å². The molecule has 2 saturated heterocycles. The predicted octanol–water partition coefficient (Wildman–Crippen LogP) is 2.03. The second kappa shape index (κ2) is 6.95. The molecule has 0 radical (unpaired) electrons. The molecule has 5 nitrogen and oxygen atoms in total. The van der Waals surface area contributed by atoms with Crippen LogP contribution in [0.2, 0.25) is 0 Å². The van der Waals surface area contributed by atoms with Crippen molar-refractivity contribution in [1.82, 2.24) is 20.0 Å². The first-order chi connectivity index (χ1) is 11.2. The van der Waals surface area contributed by atoms with E-state index in [4.69, 9.17) is 0 Å². The molecule has 0 spiro atoms. The lowest BCUT2D eigenvalue weighted by molar-refractivity contribution is -0.133. The van der Waals surface area contributed by atoms with Gasteiger partial charge in [-0.05, 0) is 24.5 Å². The van der Waals surface area contributed by atoms with E-state index in [1.54, 1.807) is 4.68 Å². The molecule has 3 atom stereocenters. The molecule has 0 aliphatic carbocycles. The van der Waals surface area contributed by atoms with Crippen molar-refractivity contribution in [1.29, 1.82) is 0 Å². The summed E-state index contributed by atoms with van der Waals surface area (Å²) in [6.45, 7) is 5.12. The van der Waals surface area contributed by atoms with Gasteiger partial charge in [-0.3, -0.25) is 9.48 Å². The first-order valence-corrected chi connectivity index (χ1v) is 8.27. The van der Waals surface area contributed by atoms with Gasteiger partial charge in [0.15, 0.2) is 0 Å². The lowest BCUT2D eigenvalue weighted by Gasteiger charge is -2.28. The number of hydrogen-bond acceptors (Lipinski definition) is 3. The Morgan fingerprint density at radius 2 is 2.04 bits per heavy atom. The normalized spacial score (nSPS) is 25.4. The fourth-order valence-electron chi connectivity index (χ4n) is 4.04. The van der Waals surface area contributed by atoms with Gasteiger partial charge in [-0.15, -0.1) is 12.4 Å². The quantitative estimate of drug-likeness (QED) is 0.925. The molecule has 0 saturated carbocycles. The van der Waals surface area contributed by atoms with E-state index in [9.17, 15) is 4.79 Å². The van der Waals surface area contributed by atoms with Crippen molar-refractivity contribution in [2.45, 2.75) is 19.5 Å². The number of carbonyl (C=O) groups excluding carboxylic acids is 1. The van der Waals surface area contributed by atoms with Gasteiger partial charge in [0.05, 0.1) is 11.7 Å². The summed E-state index contributed by atoms with van der Waals surface area (Å²) in [5.41, 5.74) is 2.19. The number of amides is 1. The number of rotatable bonds is 3. The number of fused-ring (bicyclic) bond motifs is 1. The van der Waals surface area contributed by atoms with Crippen LogP contribution in [0.5, 0.6) is 0 Å². The smallest absolute Gasteiger partial charge is 0.244 e. The summed E-state index contributed by atoms with van der Waals surface area (Å²) in [6.07, 6.45) is 1.88. The van der Waals surface area contributed by atoms with Crippen LogP contribution in [-0.4, -0.2) is 40.2 Å². The lowest BCUT2D eigenvalue weighted by atomic mass is 9.89. The number of carbonyl (C=O) groups is 1. The van der Waals surface area contributed by atoms with Crippen molar-refractivity contribution in [3.8, 4) is 0 Å². The van der Waals surface area contributed by atoms with Crippen LogP contribution in [0.25, 0.3) is 0 Å². The zero-order chi connectivity index (χ0) is 15.8. The number of aryl methyl sites for hydroxylation is 1. The molecule has 6 heteroatoms. The van der Waals surface area contributed by atoms with Crippen LogP contribution in [0.1, 0.15) is 17.3 Å². The Labute approximate surface area is 148 Å². The minimum Gasteiger partial charge on any atom is -0.333 e. The van der Waals surface area contributed by atoms with Crippen molar-refractivity contribution in [3.05, 3.63) is 53.9 Å². The van der Waals surface area contributed by atoms with Gasteiger partial charge >= 0.3 is 0 Å². The number of nitrogens with one attached hydrogen (secondary N) is 1. The fourth-order valence-corrected chi connectivity index (χ4v) is 4.04. The Morgan fingerprint density at radius 3 is 2.75 bits per heavy atom. The van der Waals surface area contributed by atoms with E-state index in [1.165, 1.54) is 5.56 Å². The van der Waals surface area contributed by atoms with Crippen LogP contribution < -0.4 is 5.32 Å². The van der Waals surface area contributed by atoms with Crippen LogP contribution in [-0.2, 0) is 11.3 Å². The largest absolute Gasteiger partial charge is 0.333 e. The highest BCUT2D eigenvalue weighted by atomic mass is 35.5. The first kappa shape index (κ1) is 17.0. The summed E-state index contributed by atoms with van der Waals surface area (Å²) in [6, 6.07) is 12.6. The molecule has 2 aromatic rings. The van der Waals surface area contributed by atoms with E-state index in [0.717, 1.165) is 25.3 Å². The highest BCUT2D eigenvalue weighted by molar-refractivity contribution is 5.85. The Morgan fingerprint density at radius 1 is 1.25 bits per heavy atom. The second-order valence-electron chi connectivity index (χ2n) is 6.64. The number of halogens is 1. The van der Waals surface area contributed by atoms with Crippen LogP contribution >= 0.6 is 12.4 Å². The van der Waals surface area contributed by atoms with Crippen LogP contribution in [0, 0.1) is 18.8 Å². The van der Waals surface area contributed by atoms with Gasteiger partial charge in [-0.2, -0.15) is 5.10 Å². The van der Waals surface area contributed by atoms with Crippen molar-refractivity contribution in [2.75, 3.05) is 19.6 Å². The summed E-state index contributed by atoms with van der Waals surface area (Å²) < 4.78 is 1.74. The maximum atomic E-state index is 12.9. The van der Waals surface area contributed by atoms with Gasteiger partial charge in [0, 0.05) is 31.7 Å². The first-order valence-electron chi connectivity index (χ1n) is 8.27. The molecule has 2 aliphatic rings. The van der Waals surface area contributed by atoms with E-state index >= 15 is 0 Å². The number of benzene rings is 1. The maximum absolute atomic E-state index is 12.9. The zero-order valence-corrected chi connectivity index (χ0v) is 14.6. The third kappa shape index (κ3) is 3.06. The van der Waals surface area contributed by atoms with Crippen LogP contribution in [0.4, 0.5) is 0 Å². The highest BCUT2D eigenvalue weighted by Crippen LogP contribution is 2.42. The zero-order valence-electron chi connectivity index (χ0n) is 13.8. The topological polar surface area (TPSA) is 50.2 Å². The molecular formula is C18H23ClN4O. The average molecular weight is 347 g/mol. The Kier molecular flexibility index (Phi) is 4.92. The summed E-state index contributed by atoms with van der Waals surface area (Å²) in [5.74, 6) is 1.24. The highest BCUT2D eigenvalue weighted by Gasteiger charge is 2.46. The van der Waals surface area contributed by atoms with Crippen molar-refractivity contribution < 1.29 is 4.79 Å². The molecule has 4 rings (SSSR count). The van der Waals surface area contributed by atoms with Gasteiger partial charge in [0.25, 0.3) is 0 Å². The molecule has 3 heterocycles. The number of hydrogen-bond donors (Lipinski definition) is 1. The summed E-state index contributed by atoms with van der Waals surface area (Å²) >= 11 is 0. The monoisotopic (exact) mass is 346 g/mol. The average Bonchev–Trinajstić information content (AvgIpc) is 3.23. The molecule has 1 amide bonds. The van der Waals surface area contributed by atoms with E-state index in [0.29, 0.717) is 18.4 Å². The molecule has 0 unspecified atom stereocenters. The van der Waals surface area contributed by atoms with Gasteiger partial charge in [0.2, 0.25) is 5.91 Å². The molecule has 24 heavy (non-hydrogen) atoms. The summed E-state index contributed by atoms with van der Waals surface area (Å²) in [4.78, 5) is 15.0. The molecule has 1 N–H and O–H groups in total. The molecule has 2 fully saturated rings. The number of likely N-dealkylation sites (tertiary alicyclic amines) is 1. The van der Waals surface area contributed by atoms with Gasteiger partial charge in [-0.25, -0.2) is 0 Å². The van der Waals surface area contributed by atoms with Crippen LogP contribution in [0.3, 0.4) is 0 Å². The molecule has 1 aromatic heterocycles. The standard InChI is InChI=1S/C18H22N4O.ClH/c1-13-7-8-21(20-13)12-17(23)22-11-15-9-19-10-16(15)18(22)14-5-3-2-4-6-14;/h2-8,15-16,18-19H,9-12H2,1H3;1H/t15-,16-,18-;/m0./s1. The summed E-state index contributed by atoms with van der Waals surface area (Å²) in [5, 5.41) is 7.83. The molecule has 128 valence electrons. The summed E-state index contributed by atoms with van der Waals surface area (Å²) in [7, 11) is 0. The minimum atomic E-state index is 0. The Hall–Kier alpha value is -1.85. The molecule has 1 aromatic carbocycles. The minimum absolute atomic E-state index is 0.